The highest BCUT2D eigenvalue weighted by Crippen LogP contribution is 2.22. The minimum atomic E-state index is 0.424. The molecule has 0 amide bonds. The van der Waals surface area contributed by atoms with E-state index >= 15 is 0 Å². The van der Waals surface area contributed by atoms with E-state index in [2.05, 4.69) is 43.4 Å². The normalized spacial score (nSPS) is 10.5. The number of hydrogen-bond acceptors (Lipinski definition) is 2. The van der Waals surface area contributed by atoms with Crippen LogP contribution in [0, 0.1) is 0 Å². The lowest BCUT2D eigenvalue weighted by Crippen LogP contribution is -2.08. The maximum Gasteiger partial charge on any atom is 0.103 e. The SMILES string of the molecule is CC(C)c1cccc(Nc2ccc(C(N)=S)cc2)c1. The first-order chi connectivity index (χ1) is 9.06. The lowest BCUT2D eigenvalue weighted by molar-refractivity contribution is 0.867. The van der Waals surface area contributed by atoms with E-state index in [1.54, 1.807) is 0 Å². The number of thiocarbonyl (C=S) groups is 1. The van der Waals surface area contributed by atoms with Crippen LogP contribution in [0.3, 0.4) is 0 Å². The molecule has 0 spiro atoms. The van der Waals surface area contributed by atoms with E-state index in [0.29, 0.717) is 10.9 Å². The molecule has 0 unspecified atom stereocenters. The van der Waals surface area contributed by atoms with Gasteiger partial charge >= 0.3 is 0 Å². The second-order valence-corrected chi connectivity index (χ2v) is 5.29. The largest absolute Gasteiger partial charge is 0.389 e. The highest BCUT2D eigenvalue weighted by molar-refractivity contribution is 7.80. The van der Waals surface area contributed by atoms with Crippen molar-refractivity contribution in [2.24, 2.45) is 5.73 Å². The zero-order chi connectivity index (χ0) is 13.8. The molecule has 0 saturated heterocycles. The first kappa shape index (κ1) is 13.6. The molecule has 0 heterocycles. The number of anilines is 2. The molecule has 3 N–H and O–H groups in total. The molecule has 3 heteroatoms. The quantitative estimate of drug-likeness (QED) is 0.818. The zero-order valence-corrected chi connectivity index (χ0v) is 12.0. The lowest BCUT2D eigenvalue weighted by atomic mass is 10.0. The molecule has 2 aromatic rings. The third-order valence-corrected chi connectivity index (χ3v) is 3.25. The molecular formula is C16H18N2S. The predicted molar refractivity (Wildman–Crippen MR) is 86.1 cm³/mol. The topological polar surface area (TPSA) is 38.0 Å². The van der Waals surface area contributed by atoms with Crippen molar-refractivity contribution in [3.8, 4) is 0 Å². The Hall–Kier alpha value is -1.87. The molecule has 98 valence electrons. The molecular weight excluding hydrogens is 252 g/mol. The van der Waals surface area contributed by atoms with Gasteiger partial charge in [0.1, 0.15) is 4.99 Å². The predicted octanol–water partition coefficient (Wildman–Crippen LogP) is 4.19. The van der Waals surface area contributed by atoms with Crippen molar-refractivity contribution in [2.75, 3.05) is 5.32 Å². The number of hydrogen-bond donors (Lipinski definition) is 2. The summed E-state index contributed by atoms with van der Waals surface area (Å²) in [7, 11) is 0. The van der Waals surface area contributed by atoms with Crippen molar-refractivity contribution < 1.29 is 0 Å². The van der Waals surface area contributed by atoms with Gasteiger partial charge < -0.3 is 11.1 Å². The monoisotopic (exact) mass is 270 g/mol. The van der Waals surface area contributed by atoms with Gasteiger partial charge in [-0.15, -0.1) is 0 Å². The molecule has 0 saturated carbocycles. The molecule has 0 aliphatic rings. The van der Waals surface area contributed by atoms with Crippen molar-refractivity contribution >= 4 is 28.6 Å². The van der Waals surface area contributed by atoms with Crippen LogP contribution >= 0.6 is 12.2 Å². The summed E-state index contributed by atoms with van der Waals surface area (Å²) >= 11 is 4.94. The van der Waals surface area contributed by atoms with E-state index in [1.165, 1.54) is 5.56 Å². The van der Waals surface area contributed by atoms with Gasteiger partial charge in [0.15, 0.2) is 0 Å². The Morgan fingerprint density at radius 3 is 2.32 bits per heavy atom. The van der Waals surface area contributed by atoms with Crippen LogP contribution in [0.1, 0.15) is 30.9 Å². The number of rotatable bonds is 4. The van der Waals surface area contributed by atoms with Crippen LogP contribution in [0.25, 0.3) is 0 Å². The molecule has 0 aromatic heterocycles. The van der Waals surface area contributed by atoms with Crippen LogP contribution in [0.4, 0.5) is 11.4 Å². The Morgan fingerprint density at radius 2 is 1.74 bits per heavy atom. The summed E-state index contributed by atoms with van der Waals surface area (Å²) < 4.78 is 0. The summed E-state index contributed by atoms with van der Waals surface area (Å²) in [6.45, 7) is 4.38. The van der Waals surface area contributed by atoms with Crippen LogP contribution in [-0.4, -0.2) is 4.99 Å². The van der Waals surface area contributed by atoms with Gasteiger partial charge in [-0.25, -0.2) is 0 Å². The Bertz CT molecular complexity index is 574. The Kier molecular flexibility index (Phi) is 4.17. The van der Waals surface area contributed by atoms with E-state index in [1.807, 2.05) is 24.3 Å². The van der Waals surface area contributed by atoms with Crippen LogP contribution in [0.5, 0.6) is 0 Å². The molecule has 0 atom stereocenters. The Labute approximate surface area is 119 Å². The Morgan fingerprint density at radius 1 is 1.05 bits per heavy atom. The van der Waals surface area contributed by atoms with E-state index in [4.69, 9.17) is 18.0 Å². The molecule has 2 aromatic carbocycles. The first-order valence-electron chi connectivity index (χ1n) is 6.33. The second-order valence-electron chi connectivity index (χ2n) is 4.85. The second kappa shape index (κ2) is 5.85. The van der Waals surface area contributed by atoms with E-state index < -0.39 is 0 Å². The summed E-state index contributed by atoms with van der Waals surface area (Å²) in [5, 5.41) is 3.38. The maximum absolute atomic E-state index is 5.58. The van der Waals surface area contributed by atoms with Gasteiger partial charge in [-0.1, -0.05) is 38.2 Å². The lowest BCUT2D eigenvalue weighted by Gasteiger charge is -2.10. The van der Waals surface area contributed by atoms with Crippen molar-refractivity contribution in [1.29, 1.82) is 0 Å². The van der Waals surface area contributed by atoms with Crippen molar-refractivity contribution in [3.63, 3.8) is 0 Å². The van der Waals surface area contributed by atoms with Crippen molar-refractivity contribution in [3.05, 3.63) is 59.7 Å². The standard InChI is InChI=1S/C16H18N2S/c1-11(2)13-4-3-5-15(10-13)18-14-8-6-12(7-9-14)16(17)19/h3-11,18H,1-2H3,(H2,17,19). The summed E-state index contributed by atoms with van der Waals surface area (Å²) in [4.78, 5) is 0.424. The highest BCUT2D eigenvalue weighted by Gasteiger charge is 2.01. The number of nitrogens with one attached hydrogen (secondary N) is 1. The molecule has 0 aliphatic heterocycles. The average molecular weight is 270 g/mol. The summed E-state index contributed by atoms with van der Waals surface area (Å²) in [6.07, 6.45) is 0. The maximum atomic E-state index is 5.58. The fraction of sp³-hybridized carbons (Fsp3) is 0.188. The van der Waals surface area contributed by atoms with Crippen molar-refractivity contribution in [1.82, 2.24) is 0 Å². The molecule has 19 heavy (non-hydrogen) atoms. The highest BCUT2D eigenvalue weighted by atomic mass is 32.1. The minimum absolute atomic E-state index is 0.424. The Balaban J connectivity index is 2.16. The van der Waals surface area contributed by atoms with Gasteiger partial charge in [-0.3, -0.25) is 0 Å². The summed E-state index contributed by atoms with van der Waals surface area (Å²) in [5.74, 6) is 0.527. The molecule has 0 fully saturated rings. The van der Waals surface area contributed by atoms with Gasteiger partial charge in [0, 0.05) is 16.9 Å². The van der Waals surface area contributed by atoms with Crippen LogP contribution in [-0.2, 0) is 0 Å². The first-order valence-corrected chi connectivity index (χ1v) is 6.74. The minimum Gasteiger partial charge on any atom is -0.389 e. The van der Waals surface area contributed by atoms with E-state index in [-0.39, 0.29) is 0 Å². The summed E-state index contributed by atoms with van der Waals surface area (Å²) in [5.41, 5.74) is 9.91. The van der Waals surface area contributed by atoms with E-state index in [0.717, 1.165) is 16.9 Å². The molecule has 2 rings (SSSR count). The summed E-state index contributed by atoms with van der Waals surface area (Å²) in [6, 6.07) is 16.3. The van der Waals surface area contributed by atoms with Gasteiger partial charge in [0.05, 0.1) is 0 Å². The molecule has 0 aliphatic carbocycles. The fourth-order valence-corrected chi connectivity index (χ4v) is 2.00. The van der Waals surface area contributed by atoms with Gasteiger partial charge in [-0.05, 0) is 47.9 Å². The molecule has 0 radical (unpaired) electrons. The van der Waals surface area contributed by atoms with Crippen LogP contribution in [0.15, 0.2) is 48.5 Å². The third-order valence-electron chi connectivity index (χ3n) is 3.01. The third kappa shape index (κ3) is 3.55. The van der Waals surface area contributed by atoms with Gasteiger partial charge in [-0.2, -0.15) is 0 Å². The number of nitrogens with two attached hydrogens (primary N) is 1. The average Bonchev–Trinajstić information content (AvgIpc) is 2.39. The molecule has 0 bridgehead atoms. The smallest absolute Gasteiger partial charge is 0.103 e. The number of benzene rings is 2. The van der Waals surface area contributed by atoms with Gasteiger partial charge in [0.25, 0.3) is 0 Å². The van der Waals surface area contributed by atoms with Crippen LogP contribution in [0.2, 0.25) is 0 Å². The fourth-order valence-electron chi connectivity index (χ4n) is 1.86. The molecule has 2 nitrogen and oxygen atoms in total. The zero-order valence-electron chi connectivity index (χ0n) is 11.2. The van der Waals surface area contributed by atoms with E-state index in [9.17, 15) is 0 Å². The van der Waals surface area contributed by atoms with Crippen LogP contribution < -0.4 is 11.1 Å². The van der Waals surface area contributed by atoms with Gasteiger partial charge in [0.2, 0.25) is 0 Å². The van der Waals surface area contributed by atoms with Crippen molar-refractivity contribution in [2.45, 2.75) is 19.8 Å².